The predicted octanol–water partition coefficient (Wildman–Crippen LogP) is 2.12. The van der Waals surface area contributed by atoms with Crippen molar-refractivity contribution < 1.29 is 9.53 Å². The Balaban J connectivity index is 0.00000361. The topological polar surface area (TPSA) is 41.6 Å². The first-order valence-corrected chi connectivity index (χ1v) is 6.67. The van der Waals surface area contributed by atoms with Gasteiger partial charge in [0.05, 0.1) is 12.5 Å². The number of carbonyl (C=O) groups excluding carboxylic acids is 1. The smallest absolute Gasteiger partial charge is 0.226 e. The van der Waals surface area contributed by atoms with Crippen molar-refractivity contribution in [2.75, 3.05) is 27.2 Å². The van der Waals surface area contributed by atoms with E-state index in [1.807, 2.05) is 52.2 Å². The maximum atomic E-state index is 12.1. The molecule has 0 radical (unpaired) electrons. The molecule has 0 bridgehead atoms. The van der Waals surface area contributed by atoms with Gasteiger partial charge in [-0.15, -0.1) is 12.4 Å². The monoisotopic (exact) mass is 300 g/mol. The highest BCUT2D eigenvalue weighted by Gasteiger charge is 2.13. The third-order valence-electron chi connectivity index (χ3n) is 2.80. The summed E-state index contributed by atoms with van der Waals surface area (Å²) < 4.78 is 5.72. The summed E-state index contributed by atoms with van der Waals surface area (Å²) in [6, 6.07) is 7.72. The summed E-state index contributed by atoms with van der Waals surface area (Å²) in [5, 5.41) is 3.04. The van der Waals surface area contributed by atoms with Crippen LogP contribution in [0.4, 0.5) is 0 Å². The number of ether oxygens (including phenoxy) is 1. The van der Waals surface area contributed by atoms with Gasteiger partial charge in [0.25, 0.3) is 0 Å². The standard InChI is InChI=1S/C15H24N2O2.ClH/c1-12(2)19-14-8-6-5-7-13(14)11-15(18)17(4)10-9-16-3;/h5-8,12,16H,9-11H2,1-4H3;1H. The third-order valence-corrected chi connectivity index (χ3v) is 2.80. The van der Waals surface area contributed by atoms with E-state index in [1.54, 1.807) is 4.90 Å². The SMILES string of the molecule is CNCCN(C)C(=O)Cc1ccccc1OC(C)C.Cl. The Labute approximate surface area is 127 Å². The van der Waals surface area contributed by atoms with Crippen molar-refractivity contribution in [1.82, 2.24) is 10.2 Å². The Morgan fingerprint density at radius 1 is 1.35 bits per heavy atom. The summed E-state index contributed by atoms with van der Waals surface area (Å²) in [7, 11) is 3.70. The van der Waals surface area contributed by atoms with Crippen molar-refractivity contribution in [3.05, 3.63) is 29.8 Å². The van der Waals surface area contributed by atoms with Crippen LogP contribution in [0.1, 0.15) is 19.4 Å². The first-order chi connectivity index (χ1) is 9.04. The number of likely N-dealkylation sites (N-methyl/N-ethyl adjacent to an activating group) is 2. The number of halogens is 1. The second-order valence-electron chi connectivity index (χ2n) is 4.87. The molecule has 1 amide bonds. The van der Waals surface area contributed by atoms with Gasteiger partial charge < -0.3 is 15.0 Å². The number of para-hydroxylation sites is 1. The van der Waals surface area contributed by atoms with E-state index in [9.17, 15) is 4.79 Å². The zero-order valence-electron chi connectivity index (χ0n) is 12.7. The van der Waals surface area contributed by atoms with Gasteiger partial charge >= 0.3 is 0 Å². The second kappa shape index (κ2) is 9.61. The van der Waals surface area contributed by atoms with Gasteiger partial charge in [0.1, 0.15) is 5.75 Å². The number of hydrogen-bond acceptors (Lipinski definition) is 3. The van der Waals surface area contributed by atoms with Crippen molar-refractivity contribution >= 4 is 18.3 Å². The molecule has 0 aliphatic rings. The molecule has 0 saturated carbocycles. The second-order valence-corrected chi connectivity index (χ2v) is 4.87. The first-order valence-electron chi connectivity index (χ1n) is 6.67. The number of amides is 1. The van der Waals surface area contributed by atoms with Crippen LogP contribution in [0.15, 0.2) is 24.3 Å². The lowest BCUT2D eigenvalue weighted by molar-refractivity contribution is -0.129. The van der Waals surface area contributed by atoms with Gasteiger partial charge in [0.2, 0.25) is 5.91 Å². The zero-order valence-corrected chi connectivity index (χ0v) is 13.5. The Morgan fingerprint density at radius 3 is 2.60 bits per heavy atom. The molecule has 0 aliphatic carbocycles. The molecule has 0 aliphatic heterocycles. The number of rotatable bonds is 7. The van der Waals surface area contributed by atoms with E-state index in [0.29, 0.717) is 13.0 Å². The van der Waals surface area contributed by atoms with Crippen LogP contribution in [-0.4, -0.2) is 44.1 Å². The van der Waals surface area contributed by atoms with E-state index in [-0.39, 0.29) is 24.4 Å². The van der Waals surface area contributed by atoms with Crippen LogP contribution < -0.4 is 10.1 Å². The number of nitrogens with zero attached hydrogens (tertiary/aromatic N) is 1. The van der Waals surface area contributed by atoms with Gasteiger partial charge in [-0.1, -0.05) is 18.2 Å². The fourth-order valence-corrected chi connectivity index (χ4v) is 1.72. The Kier molecular flexibility index (Phi) is 9.01. The predicted molar refractivity (Wildman–Crippen MR) is 84.7 cm³/mol. The molecule has 0 spiro atoms. The third kappa shape index (κ3) is 6.26. The molecule has 0 aromatic heterocycles. The van der Waals surface area contributed by atoms with Crippen LogP contribution >= 0.6 is 12.4 Å². The van der Waals surface area contributed by atoms with E-state index in [4.69, 9.17) is 4.74 Å². The molecule has 4 nitrogen and oxygen atoms in total. The summed E-state index contributed by atoms with van der Waals surface area (Å²) in [6.45, 7) is 5.48. The van der Waals surface area contributed by atoms with Gasteiger partial charge in [-0.2, -0.15) is 0 Å². The lowest BCUT2D eigenvalue weighted by Gasteiger charge is -2.19. The highest BCUT2D eigenvalue weighted by atomic mass is 35.5. The van der Waals surface area contributed by atoms with Gasteiger partial charge in [-0.05, 0) is 27.0 Å². The first kappa shape index (κ1) is 18.7. The van der Waals surface area contributed by atoms with Crippen molar-refractivity contribution in [1.29, 1.82) is 0 Å². The van der Waals surface area contributed by atoms with Crippen LogP contribution in [0.3, 0.4) is 0 Å². The summed E-state index contributed by atoms with van der Waals surface area (Å²) in [4.78, 5) is 13.8. The number of carbonyl (C=O) groups is 1. The lowest BCUT2D eigenvalue weighted by atomic mass is 10.1. The molecular weight excluding hydrogens is 276 g/mol. The van der Waals surface area contributed by atoms with E-state index >= 15 is 0 Å². The molecule has 5 heteroatoms. The van der Waals surface area contributed by atoms with E-state index in [1.165, 1.54) is 0 Å². The summed E-state index contributed by atoms with van der Waals surface area (Å²) >= 11 is 0. The highest BCUT2D eigenvalue weighted by Crippen LogP contribution is 2.20. The minimum absolute atomic E-state index is 0. The molecular formula is C15H25ClN2O2. The van der Waals surface area contributed by atoms with Crippen molar-refractivity contribution in [2.24, 2.45) is 0 Å². The van der Waals surface area contributed by atoms with Crippen LogP contribution in [0.2, 0.25) is 0 Å². The van der Waals surface area contributed by atoms with Crippen molar-refractivity contribution in [3.63, 3.8) is 0 Å². The van der Waals surface area contributed by atoms with Gasteiger partial charge in [-0.3, -0.25) is 4.79 Å². The van der Waals surface area contributed by atoms with E-state index in [0.717, 1.165) is 17.9 Å². The van der Waals surface area contributed by atoms with Crippen molar-refractivity contribution in [2.45, 2.75) is 26.4 Å². The molecule has 1 N–H and O–H groups in total. The Bertz CT molecular complexity index is 411. The van der Waals surface area contributed by atoms with Crippen LogP contribution in [0.25, 0.3) is 0 Å². The fourth-order valence-electron chi connectivity index (χ4n) is 1.72. The number of nitrogens with one attached hydrogen (secondary N) is 1. The molecule has 0 atom stereocenters. The van der Waals surface area contributed by atoms with Crippen LogP contribution in [-0.2, 0) is 11.2 Å². The zero-order chi connectivity index (χ0) is 14.3. The summed E-state index contributed by atoms with van der Waals surface area (Å²) in [5.41, 5.74) is 0.942. The molecule has 0 unspecified atom stereocenters. The quantitative estimate of drug-likeness (QED) is 0.838. The number of benzene rings is 1. The van der Waals surface area contributed by atoms with Crippen LogP contribution in [0, 0.1) is 0 Å². The van der Waals surface area contributed by atoms with Crippen molar-refractivity contribution in [3.8, 4) is 5.75 Å². The van der Waals surface area contributed by atoms with Crippen LogP contribution in [0.5, 0.6) is 5.75 Å². The molecule has 20 heavy (non-hydrogen) atoms. The number of hydrogen-bond donors (Lipinski definition) is 1. The molecule has 0 heterocycles. The minimum Gasteiger partial charge on any atom is -0.491 e. The largest absolute Gasteiger partial charge is 0.491 e. The normalized spacial score (nSPS) is 10.1. The maximum Gasteiger partial charge on any atom is 0.226 e. The summed E-state index contributed by atoms with van der Waals surface area (Å²) in [6.07, 6.45) is 0.488. The van der Waals surface area contributed by atoms with Gasteiger partial charge in [0, 0.05) is 25.7 Å². The van der Waals surface area contributed by atoms with E-state index < -0.39 is 0 Å². The molecule has 0 saturated heterocycles. The summed E-state index contributed by atoms with van der Waals surface area (Å²) in [5.74, 6) is 0.905. The molecule has 1 aromatic carbocycles. The molecule has 1 rings (SSSR count). The van der Waals surface area contributed by atoms with Gasteiger partial charge in [0.15, 0.2) is 0 Å². The lowest BCUT2D eigenvalue weighted by Crippen LogP contribution is -2.33. The molecule has 0 fully saturated rings. The highest BCUT2D eigenvalue weighted by molar-refractivity contribution is 5.85. The molecule has 1 aromatic rings. The Hall–Kier alpha value is -1.26. The fraction of sp³-hybridized carbons (Fsp3) is 0.533. The average Bonchev–Trinajstić information content (AvgIpc) is 2.37. The maximum absolute atomic E-state index is 12.1. The van der Waals surface area contributed by atoms with E-state index in [2.05, 4.69) is 5.32 Å². The molecule has 114 valence electrons. The minimum atomic E-state index is 0. The average molecular weight is 301 g/mol. The Morgan fingerprint density at radius 2 is 2.00 bits per heavy atom. The van der Waals surface area contributed by atoms with Gasteiger partial charge in [-0.25, -0.2) is 0 Å².